The van der Waals surface area contributed by atoms with Crippen molar-refractivity contribution >= 4 is 12.0 Å². The number of carbonyl (C=O) groups excluding carboxylic acids is 1. The summed E-state index contributed by atoms with van der Waals surface area (Å²) in [6.07, 6.45) is -0.733. The van der Waals surface area contributed by atoms with E-state index in [9.17, 15) is 14.7 Å². The number of rotatable bonds is 4. The number of nitrogens with one attached hydrogen (secondary N) is 1. The molecule has 2 atom stereocenters. The summed E-state index contributed by atoms with van der Waals surface area (Å²) in [5.74, 6) is -0.384. The number of amides is 2. The standard InChI is InChI=1S/C14H18N2O5/c1-21-11-4-2-9(3-5-11)7-15-14(20)16-8-10(17)6-12(16)13(18)19/h2-5,10,12,17H,6-8H2,1H3,(H,15,20)(H,18,19). The molecule has 1 aromatic rings. The summed E-state index contributed by atoms with van der Waals surface area (Å²) in [6.45, 7) is 0.313. The van der Waals surface area contributed by atoms with Gasteiger partial charge in [0.25, 0.3) is 0 Å². The lowest BCUT2D eigenvalue weighted by Crippen LogP contribution is -2.45. The number of β-amino-alcohol motifs (C(OH)–C–C–N with tert-alkyl or cyclic N) is 1. The van der Waals surface area contributed by atoms with Gasteiger partial charge in [-0.3, -0.25) is 0 Å². The minimum atomic E-state index is -1.11. The van der Waals surface area contributed by atoms with E-state index < -0.39 is 24.1 Å². The van der Waals surface area contributed by atoms with Crippen molar-refractivity contribution in [2.24, 2.45) is 0 Å². The number of carbonyl (C=O) groups is 2. The van der Waals surface area contributed by atoms with E-state index in [1.54, 1.807) is 19.2 Å². The number of methoxy groups -OCH3 is 1. The van der Waals surface area contributed by atoms with Gasteiger partial charge in [0.05, 0.1) is 13.2 Å². The number of nitrogens with zero attached hydrogens (tertiary/aromatic N) is 1. The Hall–Kier alpha value is -2.28. The zero-order chi connectivity index (χ0) is 15.4. The van der Waals surface area contributed by atoms with Crippen LogP contribution >= 0.6 is 0 Å². The van der Waals surface area contributed by atoms with Gasteiger partial charge in [-0.05, 0) is 17.7 Å². The van der Waals surface area contributed by atoms with E-state index in [1.165, 1.54) is 0 Å². The molecule has 0 radical (unpaired) electrons. The van der Waals surface area contributed by atoms with Gasteiger partial charge in [-0.15, -0.1) is 0 Å². The number of carboxylic acids is 1. The highest BCUT2D eigenvalue weighted by molar-refractivity contribution is 5.83. The molecule has 7 heteroatoms. The van der Waals surface area contributed by atoms with Crippen molar-refractivity contribution in [3.05, 3.63) is 29.8 Å². The maximum atomic E-state index is 12.0. The Morgan fingerprint density at radius 3 is 2.62 bits per heavy atom. The lowest BCUT2D eigenvalue weighted by molar-refractivity contribution is -0.141. The molecule has 7 nitrogen and oxygen atoms in total. The van der Waals surface area contributed by atoms with Crippen LogP contribution in [0.4, 0.5) is 4.79 Å². The smallest absolute Gasteiger partial charge is 0.326 e. The molecule has 0 bridgehead atoms. The molecule has 1 saturated heterocycles. The topological polar surface area (TPSA) is 99.1 Å². The number of aliphatic hydroxyl groups excluding tert-OH is 1. The van der Waals surface area contributed by atoms with Crippen molar-refractivity contribution in [1.29, 1.82) is 0 Å². The van der Waals surface area contributed by atoms with Gasteiger partial charge in [0.15, 0.2) is 0 Å². The predicted octanol–water partition coefficient (Wildman–Crippen LogP) is 0.425. The number of benzene rings is 1. The van der Waals surface area contributed by atoms with Crippen molar-refractivity contribution in [3.63, 3.8) is 0 Å². The van der Waals surface area contributed by atoms with Gasteiger partial charge in [-0.25, -0.2) is 9.59 Å². The van der Waals surface area contributed by atoms with Gasteiger partial charge in [-0.1, -0.05) is 12.1 Å². The molecule has 2 unspecified atom stereocenters. The fraction of sp³-hybridized carbons (Fsp3) is 0.429. The summed E-state index contributed by atoms with van der Waals surface area (Å²) in [6, 6.07) is 5.72. The Labute approximate surface area is 122 Å². The molecule has 0 saturated carbocycles. The van der Waals surface area contributed by atoms with E-state index in [0.717, 1.165) is 16.2 Å². The molecule has 0 aromatic heterocycles. The Morgan fingerprint density at radius 2 is 2.05 bits per heavy atom. The summed E-state index contributed by atoms with van der Waals surface area (Å²) in [4.78, 5) is 24.2. The number of urea groups is 1. The van der Waals surface area contributed by atoms with E-state index in [1.807, 2.05) is 12.1 Å². The normalized spacial score (nSPS) is 21.1. The Morgan fingerprint density at radius 1 is 1.38 bits per heavy atom. The highest BCUT2D eigenvalue weighted by atomic mass is 16.5. The van der Waals surface area contributed by atoms with Crippen LogP contribution in [0.15, 0.2) is 24.3 Å². The maximum Gasteiger partial charge on any atom is 0.326 e. The minimum Gasteiger partial charge on any atom is -0.497 e. The molecule has 21 heavy (non-hydrogen) atoms. The number of aliphatic hydroxyl groups is 1. The molecule has 1 fully saturated rings. The molecular weight excluding hydrogens is 276 g/mol. The molecule has 3 N–H and O–H groups in total. The molecule has 2 amide bonds. The summed E-state index contributed by atoms with van der Waals surface area (Å²) < 4.78 is 5.04. The summed E-state index contributed by atoms with van der Waals surface area (Å²) in [5, 5.41) is 21.2. The lowest BCUT2D eigenvalue weighted by Gasteiger charge is -2.21. The maximum absolute atomic E-state index is 12.0. The number of carboxylic acid groups (broad SMARTS) is 1. The van der Waals surface area contributed by atoms with E-state index in [4.69, 9.17) is 9.84 Å². The van der Waals surface area contributed by atoms with Crippen molar-refractivity contribution in [2.75, 3.05) is 13.7 Å². The SMILES string of the molecule is COc1ccc(CNC(=O)N2CC(O)CC2C(=O)O)cc1. The summed E-state index contributed by atoms with van der Waals surface area (Å²) in [5.41, 5.74) is 0.871. The van der Waals surface area contributed by atoms with Crippen LogP contribution in [0, 0.1) is 0 Å². The predicted molar refractivity (Wildman–Crippen MR) is 74.0 cm³/mol. The number of hydrogen-bond acceptors (Lipinski definition) is 4. The van der Waals surface area contributed by atoms with Gasteiger partial charge in [0, 0.05) is 19.5 Å². The van der Waals surface area contributed by atoms with Gasteiger partial charge >= 0.3 is 12.0 Å². The van der Waals surface area contributed by atoms with Crippen LogP contribution in [-0.2, 0) is 11.3 Å². The molecule has 1 aliphatic heterocycles. The van der Waals surface area contributed by atoms with Gasteiger partial charge in [0.2, 0.25) is 0 Å². The minimum absolute atomic E-state index is 0.0331. The third kappa shape index (κ3) is 3.63. The van der Waals surface area contributed by atoms with Crippen molar-refractivity contribution < 1.29 is 24.5 Å². The van der Waals surface area contributed by atoms with Crippen LogP contribution in [0.2, 0.25) is 0 Å². The Kier molecular flexibility index (Phi) is 4.64. The van der Waals surface area contributed by atoms with E-state index in [2.05, 4.69) is 5.32 Å². The summed E-state index contributed by atoms with van der Waals surface area (Å²) >= 11 is 0. The summed E-state index contributed by atoms with van der Waals surface area (Å²) in [7, 11) is 1.57. The second-order valence-corrected chi connectivity index (χ2v) is 4.90. The van der Waals surface area contributed by atoms with Crippen LogP contribution < -0.4 is 10.1 Å². The first-order valence-electron chi connectivity index (χ1n) is 6.59. The Bertz CT molecular complexity index is 517. The zero-order valence-corrected chi connectivity index (χ0v) is 11.7. The van der Waals surface area contributed by atoms with Crippen molar-refractivity contribution in [2.45, 2.75) is 25.1 Å². The second-order valence-electron chi connectivity index (χ2n) is 4.90. The number of hydrogen-bond donors (Lipinski definition) is 3. The first-order chi connectivity index (χ1) is 10.0. The van der Waals surface area contributed by atoms with E-state index >= 15 is 0 Å². The van der Waals surface area contributed by atoms with Crippen LogP contribution in [0.5, 0.6) is 5.75 Å². The fourth-order valence-corrected chi connectivity index (χ4v) is 2.29. The first kappa shape index (κ1) is 15.1. The molecule has 114 valence electrons. The van der Waals surface area contributed by atoms with Crippen LogP contribution in [0.1, 0.15) is 12.0 Å². The average molecular weight is 294 g/mol. The zero-order valence-electron chi connectivity index (χ0n) is 11.7. The molecule has 0 aliphatic carbocycles. The van der Waals surface area contributed by atoms with Crippen molar-refractivity contribution in [1.82, 2.24) is 10.2 Å². The third-order valence-electron chi connectivity index (χ3n) is 3.43. The first-order valence-corrected chi connectivity index (χ1v) is 6.59. The number of likely N-dealkylation sites (tertiary alicyclic amines) is 1. The molecule has 1 heterocycles. The van der Waals surface area contributed by atoms with Crippen LogP contribution in [-0.4, -0.2) is 52.9 Å². The quantitative estimate of drug-likeness (QED) is 0.747. The van der Waals surface area contributed by atoms with Gasteiger partial charge in [-0.2, -0.15) is 0 Å². The van der Waals surface area contributed by atoms with Crippen LogP contribution in [0.3, 0.4) is 0 Å². The average Bonchev–Trinajstić information content (AvgIpc) is 2.87. The van der Waals surface area contributed by atoms with E-state index in [-0.39, 0.29) is 19.5 Å². The van der Waals surface area contributed by atoms with Gasteiger partial charge in [0.1, 0.15) is 11.8 Å². The molecule has 2 rings (SSSR count). The highest BCUT2D eigenvalue weighted by Crippen LogP contribution is 2.18. The van der Waals surface area contributed by atoms with E-state index in [0.29, 0.717) is 0 Å². The molecular formula is C14H18N2O5. The van der Waals surface area contributed by atoms with Crippen molar-refractivity contribution in [3.8, 4) is 5.75 Å². The molecule has 1 aromatic carbocycles. The fourth-order valence-electron chi connectivity index (χ4n) is 2.29. The largest absolute Gasteiger partial charge is 0.497 e. The van der Waals surface area contributed by atoms with Crippen LogP contribution in [0.25, 0.3) is 0 Å². The number of ether oxygens (including phenoxy) is 1. The highest BCUT2D eigenvalue weighted by Gasteiger charge is 2.38. The van der Waals surface area contributed by atoms with Gasteiger partial charge < -0.3 is 25.2 Å². The molecule has 1 aliphatic rings. The monoisotopic (exact) mass is 294 g/mol. The number of aliphatic carboxylic acids is 1. The lowest BCUT2D eigenvalue weighted by atomic mass is 10.2. The molecule has 0 spiro atoms. The Balaban J connectivity index is 1.92. The third-order valence-corrected chi connectivity index (χ3v) is 3.43. The second kappa shape index (κ2) is 6.45.